The summed E-state index contributed by atoms with van der Waals surface area (Å²) < 4.78 is 10.6. The molecule has 0 fully saturated rings. The number of ether oxygens (including phenoxy) is 2. The fourth-order valence-corrected chi connectivity index (χ4v) is 2.65. The molecule has 0 saturated heterocycles. The molecule has 7 heteroatoms. The standard InChI is InChI=1S/C21H22N4O3/c1-4-14-5-7-15(8-6-14)13-22-25-21(26)19-12-18(23-24-19)17-10-9-16(27-2)11-20(17)28-3/h5-13H,4H2,1-3H3,(H,23,24)(H,25,26)/b22-13+. The van der Waals surface area contributed by atoms with Gasteiger partial charge in [-0.05, 0) is 35.7 Å². The van der Waals surface area contributed by atoms with Crippen LogP contribution in [0.15, 0.2) is 53.6 Å². The number of hydrazone groups is 1. The minimum atomic E-state index is -0.382. The summed E-state index contributed by atoms with van der Waals surface area (Å²) in [6, 6.07) is 15.0. The second-order valence-electron chi connectivity index (χ2n) is 6.03. The van der Waals surface area contributed by atoms with Crippen molar-refractivity contribution < 1.29 is 14.3 Å². The van der Waals surface area contributed by atoms with Crippen molar-refractivity contribution in [3.05, 3.63) is 65.4 Å². The summed E-state index contributed by atoms with van der Waals surface area (Å²) in [5.41, 5.74) is 6.29. The average Bonchev–Trinajstić information content (AvgIpc) is 3.23. The first-order valence-electron chi connectivity index (χ1n) is 8.84. The van der Waals surface area contributed by atoms with Gasteiger partial charge in [-0.15, -0.1) is 0 Å². The molecule has 1 amide bonds. The highest BCUT2D eigenvalue weighted by Gasteiger charge is 2.14. The Hall–Kier alpha value is -3.61. The molecular formula is C21H22N4O3. The van der Waals surface area contributed by atoms with Gasteiger partial charge in [-0.25, -0.2) is 5.43 Å². The largest absolute Gasteiger partial charge is 0.497 e. The quantitative estimate of drug-likeness (QED) is 0.487. The molecule has 28 heavy (non-hydrogen) atoms. The van der Waals surface area contributed by atoms with E-state index in [1.807, 2.05) is 30.3 Å². The van der Waals surface area contributed by atoms with Crippen LogP contribution in [0.1, 0.15) is 28.5 Å². The van der Waals surface area contributed by atoms with Gasteiger partial charge in [-0.3, -0.25) is 9.89 Å². The van der Waals surface area contributed by atoms with Gasteiger partial charge in [0.05, 0.1) is 26.1 Å². The first-order valence-corrected chi connectivity index (χ1v) is 8.84. The van der Waals surface area contributed by atoms with Gasteiger partial charge in [0.25, 0.3) is 5.91 Å². The zero-order valence-electron chi connectivity index (χ0n) is 16.0. The third-order valence-electron chi connectivity index (χ3n) is 4.27. The third kappa shape index (κ3) is 4.37. The number of nitrogens with one attached hydrogen (secondary N) is 2. The van der Waals surface area contributed by atoms with E-state index in [4.69, 9.17) is 9.47 Å². The highest BCUT2D eigenvalue weighted by atomic mass is 16.5. The number of carbonyl (C=O) groups is 1. The Morgan fingerprint density at radius 1 is 1.14 bits per heavy atom. The molecule has 0 aliphatic carbocycles. The van der Waals surface area contributed by atoms with Gasteiger partial charge in [0, 0.05) is 11.6 Å². The lowest BCUT2D eigenvalue weighted by Gasteiger charge is -2.08. The molecule has 0 saturated carbocycles. The second kappa shape index (κ2) is 8.85. The molecule has 144 valence electrons. The summed E-state index contributed by atoms with van der Waals surface area (Å²) in [5.74, 6) is 0.898. The molecule has 0 aliphatic heterocycles. The van der Waals surface area contributed by atoms with E-state index in [9.17, 15) is 4.79 Å². The number of aromatic amines is 1. The van der Waals surface area contributed by atoms with E-state index in [-0.39, 0.29) is 5.91 Å². The van der Waals surface area contributed by atoms with Gasteiger partial charge >= 0.3 is 0 Å². The molecule has 2 N–H and O–H groups in total. The number of H-pyrrole nitrogens is 1. The predicted molar refractivity (Wildman–Crippen MR) is 108 cm³/mol. The smallest absolute Gasteiger partial charge is 0.289 e. The molecule has 0 spiro atoms. The number of aryl methyl sites for hydroxylation is 1. The van der Waals surface area contributed by atoms with Crippen molar-refractivity contribution in [3.63, 3.8) is 0 Å². The lowest BCUT2D eigenvalue weighted by atomic mass is 10.1. The summed E-state index contributed by atoms with van der Waals surface area (Å²) in [7, 11) is 3.16. The molecule has 0 aliphatic rings. The Balaban J connectivity index is 1.69. The van der Waals surface area contributed by atoms with Crippen molar-refractivity contribution in [2.75, 3.05) is 14.2 Å². The molecule has 7 nitrogen and oxygen atoms in total. The van der Waals surface area contributed by atoms with Crippen LogP contribution in [0.3, 0.4) is 0 Å². The Morgan fingerprint density at radius 2 is 1.93 bits per heavy atom. The number of rotatable bonds is 7. The molecule has 0 bridgehead atoms. The fourth-order valence-electron chi connectivity index (χ4n) is 2.65. The summed E-state index contributed by atoms with van der Waals surface area (Å²) in [6.07, 6.45) is 2.58. The summed E-state index contributed by atoms with van der Waals surface area (Å²) >= 11 is 0. The van der Waals surface area contributed by atoms with Gasteiger partial charge in [-0.1, -0.05) is 31.2 Å². The van der Waals surface area contributed by atoms with Crippen LogP contribution in [0.2, 0.25) is 0 Å². The minimum Gasteiger partial charge on any atom is -0.497 e. The number of hydrogen-bond acceptors (Lipinski definition) is 5. The van der Waals surface area contributed by atoms with Gasteiger partial charge in [0.15, 0.2) is 0 Å². The van der Waals surface area contributed by atoms with Crippen molar-refractivity contribution in [3.8, 4) is 22.8 Å². The molecule has 1 aromatic heterocycles. The molecule has 0 radical (unpaired) electrons. The van der Waals surface area contributed by atoms with Crippen LogP contribution in [0.4, 0.5) is 0 Å². The molecule has 0 atom stereocenters. The van der Waals surface area contributed by atoms with E-state index in [1.165, 1.54) is 5.56 Å². The summed E-state index contributed by atoms with van der Waals surface area (Å²) in [4.78, 5) is 12.3. The Bertz CT molecular complexity index is 978. The first kappa shape index (κ1) is 19.2. The lowest BCUT2D eigenvalue weighted by molar-refractivity contribution is 0.0950. The molecular weight excluding hydrogens is 356 g/mol. The van der Waals surface area contributed by atoms with Crippen LogP contribution >= 0.6 is 0 Å². The zero-order chi connectivity index (χ0) is 19.9. The zero-order valence-corrected chi connectivity index (χ0v) is 16.0. The molecule has 1 heterocycles. The maximum atomic E-state index is 12.3. The number of methoxy groups -OCH3 is 2. The molecule has 3 aromatic rings. The maximum Gasteiger partial charge on any atom is 0.289 e. The molecule has 2 aromatic carbocycles. The van der Waals surface area contributed by atoms with E-state index in [0.717, 1.165) is 17.5 Å². The number of nitrogens with zero attached hydrogens (tertiary/aromatic N) is 2. The van der Waals surface area contributed by atoms with Crippen LogP contribution in [0.5, 0.6) is 11.5 Å². The van der Waals surface area contributed by atoms with Crippen molar-refractivity contribution in [2.24, 2.45) is 5.10 Å². The Kier molecular flexibility index (Phi) is 6.06. The monoisotopic (exact) mass is 378 g/mol. The van der Waals surface area contributed by atoms with E-state index < -0.39 is 0 Å². The number of hydrogen-bond donors (Lipinski definition) is 2. The van der Waals surface area contributed by atoms with E-state index >= 15 is 0 Å². The Morgan fingerprint density at radius 3 is 2.61 bits per heavy atom. The average molecular weight is 378 g/mol. The highest BCUT2D eigenvalue weighted by Crippen LogP contribution is 2.32. The molecule has 0 unspecified atom stereocenters. The van der Waals surface area contributed by atoms with Crippen molar-refractivity contribution in [1.29, 1.82) is 0 Å². The summed E-state index contributed by atoms with van der Waals surface area (Å²) in [6.45, 7) is 2.10. The number of amides is 1. The number of benzene rings is 2. The van der Waals surface area contributed by atoms with Crippen LogP contribution in [-0.2, 0) is 6.42 Å². The van der Waals surface area contributed by atoms with Crippen LogP contribution < -0.4 is 14.9 Å². The fraction of sp³-hybridized carbons (Fsp3) is 0.190. The van der Waals surface area contributed by atoms with Crippen LogP contribution in [-0.4, -0.2) is 36.5 Å². The van der Waals surface area contributed by atoms with Gasteiger partial charge in [-0.2, -0.15) is 10.2 Å². The number of carbonyl (C=O) groups excluding carboxylic acids is 1. The maximum absolute atomic E-state index is 12.3. The SMILES string of the molecule is CCc1ccc(/C=N/NC(=O)c2cc(-c3ccc(OC)cc3OC)n[nH]2)cc1. The van der Waals surface area contributed by atoms with Gasteiger partial charge in [0.2, 0.25) is 0 Å². The topological polar surface area (TPSA) is 88.6 Å². The van der Waals surface area contributed by atoms with Crippen molar-refractivity contribution in [2.45, 2.75) is 13.3 Å². The highest BCUT2D eigenvalue weighted by molar-refractivity contribution is 5.94. The van der Waals surface area contributed by atoms with Gasteiger partial charge in [0.1, 0.15) is 17.2 Å². The summed E-state index contributed by atoms with van der Waals surface area (Å²) in [5, 5.41) is 10.9. The van der Waals surface area contributed by atoms with Crippen LogP contribution in [0, 0.1) is 0 Å². The van der Waals surface area contributed by atoms with E-state index in [1.54, 1.807) is 38.6 Å². The van der Waals surface area contributed by atoms with Gasteiger partial charge < -0.3 is 9.47 Å². The first-order chi connectivity index (χ1) is 13.6. The normalized spacial score (nSPS) is 10.8. The lowest BCUT2D eigenvalue weighted by Crippen LogP contribution is -2.18. The molecule has 3 rings (SSSR count). The number of aromatic nitrogens is 2. The van der Waals surface area contributed by atoms with Crippen molar-refractivity contribution in [1.82, 2.24) is 15.6 Å². The van der Waals surface area contributed by atoms with Crippen molar-refractivity contribution >= 4 is 12.1 Å². The second-order valence-corrected chi connectivity index (χ2v) is 6.03. The third-order valence-corrected chi connectivity index (χ3v) is 4.27. The van der Waals surface area contributed by atoms with E-state index in [0.29, 0.717) is 22.9 Å². The Labute approximate surface area is 163 Å². The predicted octanol–water partition coefficient (Wildman–Crippen LogP) is 3.42. The van der Waals surface area contributed by atoms with Crippen LogP contribution in [0.25, 0.3) is 11.3 Å². The minimum absolute atomic E-state index is 0.298. The van der Waals surface area contributed by atoms with E-state index in [2.05, 4.69) is 27.6 Å².